The number of rotatable bonds is 1. The molecule has 0 atom stereocenters. The van der Waals surface area contributed by atoms with Gasteiger partial charge in [0.05, 0.1) is 5.69 Å². The molecule has 0 amide bonds. The SMILES string of the molecule is Cc1cc(C)c(-n2ccc3c2CC(C)(C)CC3=O)c(Br)c1. The van der Waals surface area contributed by atoms with Crippen molar-refractivity contribution in [2.75, 3.05) is 0 Å². The van der Waals surface area contributed by atoms with E-state index in [0.29, 0.717) is 6.42 Å². The predicted molar refractivity (Wildman–Crippen MR) is 89.4 cm³/mol. The van der Waals surface area contributed by atoms with Crippen LogP contribution in [0.3, 0.4) is 0 Å². The molecule has 0 saturated carbocycles. The largest absolute Gasteiger partial charge is 0.319 e. The molecule has 0 N–H and O–H groups in total. The summed E-state index contributed by atoms with van der Waals surface area (Å²) in [5, 5.41) is 0. The first kappa shape index (κ1) is 14.6. The summed E-state index contributed by atoms with van der Waals surface area (Å²) < 4.78 is 3.27. The van der Waals surface area contributed by atoms with Crippen molar-refractivity contribution >= 4 is 21.7 Å². The van der Waals surface area contributed by atoms with Gasteiger partial charge in [-0.1, -0.05) is 19.9 Å². The summed E-state index contributed by atoms with van der Waals surface area (Å²) in [5.41, 5.74) is 5.67. The molecule has 0 spiro atoms. The Morgan fingerprint density at radius 1 is 1.19 bits per heavy atom. The van der Waals surface area contributed by atoms with E-state index < -0.39 is 0 Å². The van der Waals surface area contributed by atoms with Crippen LogP contribution < -0.4 is 0 Å². The van der Waals surface area contributed by atoms with Crippen molar-refractivity contribution in [3.8, 4) is 5.69 Å². The molecule has 0 fully saturated rings. The Bertz CT molecular complexity index is 717. The average molecular weight is 346 g/mol. The molecule has 0 aliphatic heterocycles. The van der Waals surface area contributed by atoms with E-state index in [4.69, 9.17) is 0 Å². The first-order valence-corrected chi connectivity index (χ1v) is 8.08. The van der Waals surface area contributed by atoms with Gasteiger partial charge >= 0.3 is 0 Å². The minimum atomic E-state index is 0.0330. The first-order valence-electron chi connectivity index (χ1n) is 7.29. The number of fused-ring (bicyclic) bond motifs is 1. The lowest BCUT2D eigenvalue weighted by Gasteiger charge is -2.30. The predicted octanol–water partition coefficient (Wildman–Crippen LogP) is 5.01. The number of ketones is 1. The van der Waals surface area contributed by atoms with Crippen molar-refractivity contribution in [2.24, 2.45) is 5.41 Å². The van der Waals surface area contributed by atoms with Crippen LogP contribution in [0.15, 0.2) is 28.9 Å². The lowest BCUT2D eigenvalue weighted by Crippen LogP contribution is -2.27. The third-order valence-corrected chi connectivity index (χ3v) is 4.82. The lowest BCUT2D eigenvalue weighted by atomic mass is 9.76. The van der Waals surface area contributed by atoms with Gasteiger partial charge in [-0.15, -0.1) is 0 Å². The van der Waals surface area contributed by atoms with Crippen LogP contribution in [-0.2, 0) is 6.42 Å². The van der Waals surface area contributed by atoms with Gasteiger partial charge in [0.15, 0.2) is 5.78 Å². The quantitative estimate of drug-likeness (QED) is 0.711. The second-order valence-corrected chi connectivity index (χ2v) is 7.75. The van der Waals surface area contributed by atoms with Crippen molar-refractivity contribution in [1.82, 2.24) is 4.57 Å². The maximum Gasteiger partial charge on any atom is 0.165 e. The van der Waals surface area contributed by atoms with Crippen LogP contribution in [0.5, 0.6) is 0 Å². The fourth-order valence-corrected chi connectivity index (χ4v) is 4.23. The molecule has 0 radical (unpaired) electrons. The van der Waals surface area contributed by atoms with Gasteiger partial charge in [-0.05, 0) is 64.9 Å². The second-order valence-electron chi connectivity index (χ2n) is 6.90. The summed E-state index contributed by atoms with van der Waals surface area (Å²) in [5.74, 6) is 0.265. The Labute approximate surface area is 134 Å². The van der Waals surface area contributed by atoms with Crippen LogP contribution in [0.25, 0.3) is 5.69 Å². The Morgan fingerprint density at radius 2 is 1.90 bits per heavy atom. The third-order valence-electron chi connectivity index (χ3n) is 4.22. The van der Waals surface area contributed by atoms with Crippen molar-refractivity contribution < 1.29 is 4.79 Å². The molecule has 2 aromatic rings. The van der Waals surface area contributed by atoms with Gasteiger partial charge in [0.25, 0.3) is 0 Å². The zero-order chi connectivity index (χ0) is 15.4. The van der Waals surface area contributed by atoms with Gasteiger partial charge in [0.1, 0.15) is 0 Å². The number of hydrogen-bond donors (Lipinski definition) is 0. The van der Waals surface area contributed by atoms with Crippen LogP contribution in [0.1, 0.15) is 47.4 Å². The maximum absolute atomic E-state index is 12.3. The van der Waals surface area contributed by atoms with Gasteiger partial charge in [-0.25, -0.2) is 0 Å². The number of nitrogens with zero attached hydrogens (tertiary/aromatic N) is 1. The van der Waals surface area contributed by atoms with Gasteiger partial charge in [-0.3, -0.25) is 4.79 Å². The Balaban J connectivity index is 2.21. The molecule has 0 saturated heterocycles. The maximum atomic E-state index is 12.3. The number of Topliss-reactive ketones (excluding diaryl/α,β-unsaturated/α-hetero) is 1. The van der Waals surface area contributed by atoms with Crippen molar-refractivity contribution in [3.63, 3.8) is 0 Å². The molecule has 2 nitrogen and oxygen atoms in total. The fraction of sp³-hybridized carbons (Fsp3) is 0.389. The summed E-state index contributed by atoms with van der Waals surface area (Å²) in [6.45, 7) is 8.55. The monoisotopic (exact) mass is 345 g/mol. The number of halogens is 1. The highest BCUT2D eigenvalue weighted by Gasteiger charge is 2.33. The van der Waals surface area contributed by atoms with E-state index in [-0.39, 0.29) is 11.2 Å². The van der Waals surface area contributed by atoms with E-state index >= 15 is 0 Å². The third kappa shape index (κ3) is 2.48. The molecular weight excluding hydrogens is 326 g/mol. The molecule has 3 heteroatoms. The van der Waals surface area contributed by atoms with Crippen LogP contribution in [0.2, 0.25) is 0 Å². The molecule has 1 aliphatic carbocycles. The van der Waals surface area contributed by atoms with Crippen LogP contribution in [0, 0.1) is 19.3 Å². The topological polar surface area (TPSA) is 22.0 Å². The zero-order valence-electron chi connectivity index (χ0n) is 13.0. The highest BCUT2D eigenvalue weighted by atomic mass is 79.9. The van der Waals surface area contributed by atoms with Crippen molar-refractivity contribution in [2.45, 2.75) is 40.5 Å². The number of aryl methyl sites for hydroxylation is 2. The van der Waals surface area contributed by atoms with Gasteiger partial charge in [-0.2, -0.15) is 0 Å². The number of carbonyl (C=O) groups is 1. The standard InChI is InChI=1S/C18H20BrNO/c1-11-7-12(2)17(14(19)8-11)20-6-5-13-15(20)9-18(3,4)10-16(13)21/h5-8H,9-10H2,1-4H3. The Kier molecular flexibility index (Phi) is 3.36. The summed E-state index contributed by atoms with van der Waals surface area (Å²) in [6.07, 6.45) is 3.60. The molecule has 1 aromatic heterocycles. The van der Waals surface area contributed by atoms with E-state index in [9.17, 15) is 4.79 Å². The summed E-state index contributed by atoms with van der Waals surface area (Å²) in [6, 6.07) is 6.28. The molecule has 0 bridgehead atoms. The van der Waals surface area contributed by atoms with Gasteiger partial charge in [0, 0.05) is 28.3 Å². The average Bonchev–Trinajstić information content (AvgIpc) is 2.70. The Morgan fingerprint density at radius 3 is 2.57 bits per heavy atom. The number of hydrogen-bond acceptors (Lipinski definition) is 1. The molecule has 21 heavy (non-hydrogen) atoms. The summed E-state index contributed by atoms with van der Waals surface area (Å²) in [7, 11) is 0. The van der Waals surface area contributed by atoms with Gasteiger partial charge in [0.2, 0.25) is 0 Å². The van der Waals surface area contributed by atoms with Crippen LogP contribution in [0.4, 0.5) is 0 Å². The minimum Gasteiger partial charge on any atom is -0.319 e. The van der Waals surface area contributed by atoms with E-state index in [2.05, 4.69) is 60.3 Å². The van der Waals surface area contributed by atoms with Crippen molar-refractivity contribution in [1.29, 1.82) is 0 Å². The molecular formula is C18H20BrNO. The van der Waals surface area contributed by atoms with Crippen LogP contribution >= 0.6 is 15.9 Å². The smallest absolute Gasteiger partial charge is 0.165 e. The number of carbonyl (C=O) groups excluding carboxylic acids is 1. The van der Waals surface area contributed by atoms with E-state index in [1.165, 1.54) is 11.1 Å². The number of aromatic nitrogens is 1. The zero-order valence-corrected chi connectivity index (χ0v) is 14.5. The van der Waals surface area contributed by atoms with Gasteiger partial charge < -0.3 is 4.57 Å². The van der Waals surface area contributed by atoms with E-state index in [1.54, 1.807) is 0 Å². The minimum absolute atomic E-state index is 0.0330. The summed E-state index contributed by atoms with van der Waals surface area (Å²) >= 11 is 3.69. The normalized spacial score (nSPS) is 16.9. The Hall–Kier alpha value is -1.35. The van der Waals surface area contributed by atoms with Crippen LogP contribution in [-0.4, -0.2) is 10.4 Å². The number of benzene rings is 1. The summed E-state index contributed by atoms with van der Waals surface area (Å²) in [4.78, 5) is 12.3. The van der Waals surface area contributed by atoms with E-state index in [1.807, 2.05) is 12.3 Å². The fourth-order valence-electron chi connectivity index (χ4n) is 3.37. The second kappa shape index (κ2) is 4.84. The lowest BCUT2D eigenvalue weighted by molar-refractivity contribution is 0.0911. The molecule has 1 aromatic carbocycles. The molecule has 110 valence electrons. The highest BCUT2D eigenvalue weighted by Crippen LogP contribution is 2.38. The molecule has 3 rings (SSSR count). The highest BCUT2D eigenvalue weighted by molar-refractivity contribution is 9.10. The first-order chi connectivity index (χ1) is 9.78. The molecule has 1 aliphatic rings. The van der Waals surface area contributed by atoms with E-state index in [0.717, 1.165) is 27.8 Å². The van der Waals surface area contributed by atoms with Crippen molar-refractivity contribution in [3.05, 3.63) is 51.3 Å². The molecule has 0 unspecified atom stereocenters. The molecule has 1 heterocycles.